The molecular weight excluding hydrogens is 208 g/mol. The van der Waals surface area contributed by atoms with E-state index in [1.807, 2.05) is 0 Å². The maximum atomic E-state index is 2.77. The monoisotopic (exact) mass is 238 g/mol. The molecule has 0 amide bonds. The largest absolute Gasteiger partial charge is 0.298 e. The van der Waals surface area contributed by atoms with Gasteiger partial charge in [-0.2, -0.15) is 0 Å². The van der Waals surface area contributed by atoms with E-state index in [2.05, 4.69) is 37.5 Å². The minimum Gasteiger partial charge on any atom is -0.298 e. The number of hydrogen-bond donors (Lipinski definition) is 0. The van der Waals surface area contributed by atoms with Gasteiger partial charge in [0.1, 0.15) is 0 Å². The van der Waals surface area contributed by atoms with Gasteiger partial charge in [-0.1, -0.05) is 20.3 Å². The van der Waals surface area contributed by atoms with E-state index in [9.17, 15) is 0 Å². The molecular formula is C15H30N2. The Morgan fingerprint density at radius 3 is 2.59 bits per heavy atom. The van der Waals surface area contributed by atoms with E-state index in [4.69, 9.17) is 0 Å². The first-order valence-corrected chi connectivity index (χ1v) is 7.57. The molecule has 0 aromatic carbocycles. The van der Waals surface area contributed by atoms with Crippen molar-refractivity contribution < 1.29 is 0 Å². The van der Waals surface area contributed by atoms with Crippen molar-refractivity contribution in [2.45, 2.75) is 71.5 Å². The maximum absolute atomic E-state index is 2.77. The van der Waals surface area contributed by atoms with Gasteiger partial charge < -0.3 is 0 Å². The average molecular weight is 238 g/mol. The summed E-state index contributed by atoms with van der Waals surface area (Å²) in [6.45, 7) is 13.5. The van der Waals surface area contributed by atoms with Crippen LogP contribution in [0.4, 0.5) is 0 Å². The summed E-state index contributed by atoms with van der Waals surface area (Å²) in [7, 11) is 0. The Bertz CT molecular complexity index is 239. The predicted molar refractivity (Wildman–Crippen MR) is 74.3 cm³/mol. The SMILES string of the molecule is CC(C)CC(C)N1CC2CCCCN2CC1C. The smallest absolute Gasteiger partial charge is 0.0224 e. The van der Waals surface area contributed by atoms with Crippen LogP contribution in [0.15, 0.2) is 0 Å². The van der Waals surface area contributed by atoms with Crippen molar-refractivity contribution in [3.8, 4) is 0 Å². The predicted octanol–water partition coefficient (Wildman–Crippen LogP) is 2.98. The fraction of sp³-hybridized carbons (Fsp3) is 1.00. The van der Waals surface area contributed by atoms with Crippen LogP contribution in [0.1, 0.15) is 53.4 Å². The first-order chi connectivity index (χ1) is 8.08. The maximum Gasteiger partial charge on any atom is 0.0224 e. The first-order valence-electron chi connectivity index (χ1n) is 7.57. The van der Waals surface area contributed by atoms with Gasteiger partial charge in [0, 0.05) is 31.2 Å². The van der Waals surface area contributed by atoms with E-state index < -0.39 is 0 Å². The second-order valence-corrected chi connectivity index (χ2v) is 6.67. The Morgan fingerprint density at radius 2 is 1.88 bits per heavy atom. The van der Waals surface area contributed by atoms with Crippen molar-refractivity contribution in [2.24, 2.45) is 5.92 Å². The zero-order chi connectivity index (χ0) is 12.4. The van der Waals surface area contributed by atoms with Gasteiger partial charge in [-0.3, -0.25) is 9.80 Å². The first kappa shape index (κ1) is 13.4. The van der Waals surface area contributed by atoms with Crippen LogP contribution in [0.2, 0.25) is 0 Å². The second-order valence-electron chi connectivity index (χ2n) is 6.67. The topological polar surface area (TPSA) is 6.48 Å². The third-order valence-electron chi connectivity index (χ3n) is 4.61. The van der Waals surface area contributed by atoms with E-state index in [1.165, 1.54) is 45.3 Å². The van der Waals surface area contributed by atoms with Crippen LogP contribution >= 0.6 is 0 Å². The molecule has 2 heteroatoms. The van der Waals surface area contributed by atoms with Gasteiger partial charge in [-0.25, -0.2) is 0 Å². The van der Waals surface area contributed by atoms with Crippen LogP contribution in [0.25, 0.3) is 0 Å². The van der Waals surface area contributed by atoms with Gasteiger partial charge >= 0.3 is 0 Å². The molecule has 0 aliphatic carbocycles. The lowest BCUT2D eigenvalue weighted by Crippen LogP contribution is -2.60. The summed E-state index contributed by atoms with van der Waals surface area (Å²) in [5.41, 5.74) is 0. The number of hydrogen-bond acceptors (Lipinski definition) is 2. The van der Waals surface area contributed by atoms with E-state index in [0.717, 1.165) is 24.0 Å². The van der Waals surface area contributed by atoms with E-state index in [-0.39, 0.29) is 0 Å². The van der Waals surface area contributed by atoms with E-state index >= 15 is 0 Å². The number of piperidine rings is 1. The van der Waals surface area contributed by atoms with Crippen molar-refractivity contribution in [1.29, 1.82) is 0 Å². The van der Waals surface area contributed by atoms with Crippen molar-refractivity contribution in [3.63, 3.8) is 0 Å². The Labute approximate surface area is 107 Å². The van der Waals surface area contributed by atoms with Gasteiger partial charge in [0.15, 0.2) is 0 Å². The lowest BCUT2D eigenvalue weighted by Gasteiger charge is -2.49. The molecule has 2 aliphatic rings. The molecule has 2 rings (SSSR count). The fourth-order valence-corrected chi connectivity index (χ4v) is 3.81. The lowest BCUT2D eigenvalue weighted by molar-refractivity contribution is -0.00795. The van der Waals surface area contributed by atoms with Crippen molar-refractivity contribution in [3.05, 3.63) is 0 Å². The molecule has 2 nitrogen and oxygen atoms in total. The molecule has 100 valence electrons. The molecule has 0 aromatic rings. The number of nitrogens with zero attached hydrogens (tertiary/aromatic N) is 2. The highest BCUT2D eigenvalue weighted by Crippen LogP contribution is 2.26. The van der Waals surface area contributed by atoms with Gasteiger partial charge in [0.2, 0.25) is 0 Å². The number of fused-ring (bicyclic) bond motifs is 1. The molecule has 0 aromatic heterocycles. The van der Waals surface area contributed by atoms with Gasteiger partial charge in [0.25, 0.3) is 0 Å². The van der Waals surface area contributed by atoms with E-state index in [0.29, 0.717) is 0 Å². The Balaban J connectivity index is 1.94. The highest BCUT2D eigenvalue weighted by atomic mass is 15.3. The summed E-state index contributed by atoms with van der Waals surface area (Å²) in [6.07, 6.45) is 5.64. The van der Waals surface area contributed by atoms with Gasteiger partial charge in [0.05, 0.1) is 0 Å². The molecule has 2 fully saturated rings. The Hall–Kier alpha value is -0.0800. The summed E-state index contributed by atoms with van der Waals surface area (Å²) < 4.78 is 0. The molecule has 0 spiro atoms. The molecule has 17 heavy (non-hydrogen) atoms. The Kier molecular flexibility index (Phi) is 4.48. The summed E-state index contributed by atoms with van der Waals surface area (Å²) in [5.74, 6) is 0.821. The van der Waals surface area contributed by atoms with Crippen LogP contribution in [-0.4, -0.2) is 47.6 Å². The van der Waals surface area contributed by atoms with Crippen LogP contribution in [0.5, 0.6) is 0 Å². The Morgan fingerprint density at radius 1 is 1.12 bits per heavy atom. The molecule has 2 heterocycles. The summed E-state index contributed by atoms with van der Waals surface area (Å²) >= 11 is 0. The highest BCUT2D eigenvalue weighted by Gasteiger charge is 2.34. The molecule has 0 N–H and O–H groups in total. The van der Waals surface area contributed by atoms with Crippen LogP contribution < -0.4 is 0 Å². The third kappa shape index (κ3) is 3.23. The molecule has 0 bridgehead atoms. The summed E-state index contributed by atoms with van der Waals surface area (Å²) in [6, 6.07) is 2.36. The molecule has 0 radical (unpaired) electrons. The quantitative estimate of drug-likeness (QED) is 0.746. The molecule has 2 aliphatic heterocycles. The number of piperazine rings is 1. The number of rotatable bonds is 3. The fourth-order valence-electron chi connectivity index (χ4n) is 3.81. The standard InChI is InChI=1S/C15H30N2/c1-12(2)9-13(3)17-11-15-7-5-6-8-16(15)10-14(17)4/h12-15H,5-11H2,1-4H3. The van der Waals surface area contributed by atoms with Crippen molar-refractivity contribution in [1.82, 2.24) is 9.80 Å². The van der Waals surface area contributed by atoms with Crippen molar-refractivity contribution in [2.75, 3.05) is 19.6 Å². The normalized spacial score (nSPS) is 33.7. The van der Waals surface area contributed by atoms with Crippen LogP contribution in [0, 0.1) is 5.92 Å². The third-order valence-corrected chi connectivity index (χ3v) is 4.61. The zero-order valence-corrected chi connectivity index (χ0v) is 12.2. The summed E-state index contributed by atoms with van der Waals surface area (Å²) in [4.78, 5) is 5.51. The van der Waals surface area contributed by atoms with Crippen LogP contribution in [-0.2, 0) is 0 Å². The highest BCUT2D eigenvalue weighted by molar-refractivity contribution is 4.91. The van der Waals surface area contributed by atoms with E-state index in [1.54, 1.807) is 0 Å². The minimum absolute atomic E-state index is 0.748. The summed E-state index contributed by atoms with van der Waals surface area (Å²) in [5, 5.41) is 0. The van der Waals surface area contributed by atoms with Gasteiger partial charge in [-0.15, -0.1) is 0 Å². The van der Waals surface area contributed by atoms with Gasteiger partial charge in [-0.05, 0) is 45.6 Å². The van der Waals surface area contributed by atoms with Crippen LogP contribution in [0.3, 0.4) is 0 Å². The molecule has 0 saturated carbocycles. The molecule has 3 atom stereocenters. The zero-order valence-electron chi connectivity index (χ0n) is 12.2. The molecule has 2 saturated heterocycles. The molecule has 3 unspecified atom stereocenters. The average Bonchev–Trinajstić information content (AvgIpc) is 2.27. The van der Waals surface area contributed by atoms with Crippen molar-refractivity contribution >= 4 is 0 Å². The minimum atomic E-state index is 0.748. The second kappa shape index (κ2) is 5.71. The lowest BCUT2D eigenvalue weighted by atomic mass is 9.94.